The lowest BCUT2D eigenvalue weighted by atomic mass is 10.2. The fraction of sp³-hybridized carbons (Fsp3) is 0.526. The zero-order chi connectivity index (χ0) is 19.5. The van der Waals surface area contributed by atoms with Crippen LogP contribution in [0.5, 0.6) is 11.5 Å². The normalized spacial score (nSPS) is 16.3. The van der Waals surface area contributed by atoms with E-state index in [9.17, 15) is 9.59 Å². The van der Waals surface area contributed by atoms with Crippen molar-refractivity contribution in [3.63, 3.8) is 0 Å². The molecule has 2 N–H and O–H groups in total. The first-order valence-corrected chi connectivity index (χ1v) is 9.26. The summed E-state index contributed by atoms with van der Waals surface area (Å²) in [5, 5.41) is 6.36. The fourth-order valence-electron chi connectivity index (χ4n) is 2.51. The quantitative estimate of drug-likeness (QED) is 0.387. The zero-order valence-corrected chi connectivity index (χ0v) is 15.8. The van der Waals surface area contributed by atoms with E-state index in [2.05, 4.69) is 15.8 Å². The predicted octanol–water partition coefficient (Wildman–Crippen LogP) is 1.62. The molecule has 0 unspecified atom stereocenters. The van der Waals surface area contributed by atoms with E-state index in [1.807, 2.05) is 13.8 Å². The van der Waals surface area contributed by atoms with Crippen LogP contribution in [-0.2, 0) is 14.3 Å². The van der Waals surface area contributed by atoms with Crippen molar-refractivity contribution < 1.29 is 23.8 Å². The van der Waals surface area contributed by atoms with Crippen LogP contribution < -0.4 is 20.2 Å². The van der Waals surface area contributed by atoms with Crippen molar-refractivity contribution in [1.82, 2.24) is 10.7 Å². The van der Waals surface area contributed by atoms with Crippen molar-refractivity contribution in [3.8, 4) is 11.5 Å². The van der Waals surface area contributed by atoms with Crippen LogP contribution in [-0.4, -0.2) is 50.5 Å². The molecule has 1 atom stereocenters. The Bertz CT molecular complexity index is 657. The van der Waals surface area contributed by atoms with Gasteiger partial charge in [0.1, 0.15) is 0 Å². The lowest BCUT2D eigenvalue weighted by Crippen LogP contribution is -2.41. The molecule has 1 heterocycles. The summed E-state index contributed by atoms with van der Waals surface area (Å²) in [7, 11) is 0. The maximum atomic E-state index is 11.8. The van der Waals surface area contributed by atoms with E-state index in [0.29, 0.717) is 43.4 Å². The molecule has 0 aliphatic carbocycles. The molecule has 8 heteroatoms. The molecule has 2 amide bonds. The molecule has 1 aliphatic heterocycles. The van der Waals surface area contributed by atoms with Crippen LogP contribution in [0.25, 0.3) is 0 Å². The molecule has 1 saturated heterocycles. The summed E-state index contributed by atoms with van der Waals surface area (Å²) in [6.45, 7) is 6.05. The summed E-state index contributed by atoms with van der Waals surface area (Å²) < 4.78 is 16.6. The molecule has 1 aromatic rings. The fourth-order valence-corrected chi connectivity index (χ4v) is 2.51. The maximum absolute atomic E-state index is 11.8. The minimum Gasteiger partial charge on any atom is -0.490 e. The maximum Gasteiger partial charge on any atom is 0.329 e. The molecular formula is C19H27N3O5. The summed E-state index contributed by atoms with van der Waals surface area (Å²) in [6, 6.07) is 5.35. The molecule has 1 aromatic carbocycles. The van der Waals surface area contributed by atoms with Crippen LogP contribution in [0.3, 0.4) is 0 Å². The van der Waals surface area contributed by atoms with Crippen LogP contribution in [0.2, 0.25) is 0 Å². The standard InChI is InChI=1S/C19H27N3O5/c1-3-9-27-16-8-7-14(11-17(16)25-4-2)12-21-22-19(24)18(23)20-13-15-6-5-10-26-15/h7-8,11-12,15H,3-6,9-10,13H2,1-2H3,(H,20,23)(H,22,24)/b21-12-/t15-/m1/s1. The third-order valence-electron chi connectivity index (χ3n) is 3.83. The number of hydrogen-bond acceptors (Lipinski definition) is 6. The number of benzene rings is 1. The Morgan fingerprint density at radius 2 is 2.11 bits per heavy atom. The second-order valence-electron chi connectivity index (χ2n) is 6.03. The van der Waals surface area contributed by atoms with Gasteiger partial charge in [0.25, 0.3) is 0 Å². The van der Waals surface area contributed by atoms with E-state index in [1.54, 1.807) is 18.2 Å². The van der Waals surface area contributed by atoms with Crippen LogP contribution in [0.15, 0.2) is 23.3 Å². The molecule has 1 fully saturated rings. The van der Waals surface area contributed by atoms with Gasteiger partial charge in [-0.15, -0.1) is 0 Å². The van der Waals surface area contributed by atoms with Gasteiger partial charge in [-0.05, 0) is 49.9 Å². The Morgan fingerprint density at radius 1 is 1.26 bits per heavy atom. The van der Waals surface area contributed by atoms with Crippen LogP contribution in [0, 0.1) is 0 Å². The van der Waals surface area contributed by atoms with E-state index < -0.39 is 11.8 Å². The molecular weight excluding hydrogens is 350 g/mol. The summed E-state index contributed by atoms with van der Waals surface area (Å²) in [5.74, 6) is -0.290. The molecule has 0 radical (unpaired) electrons. The predicted molar refractivity (Wildman–Crippen MR) is 101 cm³/mol. The van der Waals surface area contributed by atoms with Crippen LogP contribution in [0.4, 0.5) is 0 Å². The SMILES string of the molecule is CCCOc1ccc(/C=N\NC(=O)C(=O)NC[C@H]2CCCO2)cc1OCC. The number of rotatable bonds is 9. The van der Waals surface area contributed by atoms with Crippen molar-refractivity contribution in [3.05, 3.63) is 23.8 Å². The molecule has 0 bridgehead atoms. The molecule has 2 rings (SSSR count). The minimum atomic E-state index is -0.822. The largest absolute Gasteiger partial charge is 0.490 e. The second kappa shape index (κ2) is 11.2. The van der Waals surface area contributed by atoms with Gasteiger partial charge in [0.15, 0.2) is 11.5 Å². The molecule has 0 saturated carbocycles. The zero-order valence-electron chi connectivity index (χ0n) is 15.8. The van der Waals surface area contributed by atoms with Gasteiger partial charge in [-0.25, -0.2) is 5.43 Å². The van der Waals surface area contributed by atoms with Gasteiger partial charge in [-0.1, -0.05) is 6.92 Å². The number of carbonyl (C=O) groups excluding carboxylic acids is 2. The highest BCUT2D eigenvalue weighted by atomic mass is 16.5. The first-order valence-electron chi connectivity index (χ1n) is 9.26. The number of nitrogens with one attached hydrogen (secondary N) is 2. The number of carbonyl (C=O) groups is 2. The third kappa shape index (κ3) is 6.90. The Hall–Kier alpha value is -2.61. The lowest BCUT2D eigenvalue weighted by molar-refractivity contribution is -0.139. The number of hydrazone groups is 1. The summed E-state index contributed by atoms with van der Waals surface area (Å²) in [5.41, 5.74) is 2.92. The highest BCUT2D eigenvalue weighted by Crippen LogP contribution is 2.28. The Kier molecular flexibility index (Phi) is 8.57. The minimum absolute atomic E-state index is 0.0179. The topological polar surface area (TPSA) is 98.2 Å². The van der Waals surface area contributed by atoms with Crippen molar-refractivity contribution in [2.45, 2.75) is 39.2 Å². The number of nitrogens with zero attached hydrogens (tertiary/aromatic N) is 1. The van der Waals surface area contributed by atoms with Crippen molar-refractivity contribution >= 4 is 18.0 Å². The van der Waals surface area contributed by atoms with Crippen LogP contribution >= 0.6 is 0 Å². The van der Waals surface area contributed by atoms with Crippen molar-refractivity contribution in [1.29, 1.82) is 0 Å². The molecule has 1 aliphatic rings. The summed E-state index contributed by atoms with van der Waals surface area (Å²) >= 11 is 0. The average Bonchev–Trinajstić information content (AvgIpc) is 3.19. The second-order valence-corrected chi connectivity index (χ2v) is 6.03. The Morgan fingerprint density at radius 3 is 2.81 bits per heavy atom. The molecule has 27 heavy (non-hydrogen) atoms. The van der Waals surface area contributed by atoms with Gasteiger partial charge >= 0.3 is 11.8 Å². The highest BCUT2D eigenvalue weighted by molar-refractivity contribution is 6.35. The van der Waals surface area contributed by atoms with Gasteiger partial charge < -0.3 is 19.5 Å². The van der Waals surface area contributed by atoms with E-state index >= 15 is 0 Å². The molecule has 0 spiro atoms. The molecule has 8 nitrogen and oxygen atoms in total. The van der Waals surface area contributed by atoms with Gasteiger partial charge in [0, 0.05) is 13.2 Å². The Labute approximate surface area is 159 Å². The third-order valence-corrected chi connectivity index (χ3v) is 3.83. The highest BCUT2D eigenvalue weighted by Gasteiger charge is 2.18. The summed E-state index contributed by atoms with van der Waals surface area (Å²) in [4.78, 5) is 23.5. The smallest absolute Gasteiger partial charge is 0.329 e. The van der Waals surface area contributed by atoms with E-state index in [4.69, 9.17) is 14.2 Å². The lowest BCUT2D eigenvalue weighted by Gasteiger charge is -2.11. The average molecular weight is 377 g/mol. The molecule has 0 aromatic heterocycles. The number of hydrogen-bond donors (Lipinski definition) is 2. The van der Waals surface area contributed by atoms with Gasteiger partial charge in [-0.2, -0.15) is 5.10 Å². The van der Waals surface area contributed by atoms with Crippen LogP contribution in [0.1, 0.15) is 38.7 Å². The molecule has 148 valence electrons. The van der Waals surface area contributed by atoms with Crippen molar-refractivity contribution in [2.75, 3.05) is 26.4 Å². The monoisotopic (exact) mass is 377 g/mol. The van der Waals surface area contributed by atoms with Crippen molar-refractivity contribution in [2.24, 2.45) is 5.10 Å². The number of amides is 2. The van der Waals surface area contributed by atoms with E-state index in [0.717, 1.165) is 19.3 Å². The van der Waals surface area contributed by atoms with Gasteiger partial charge in [0.2, 0.25) is 0 Å². The van der Waals surface area contributed by atoms with E-state index in [1.165, 1.54) is 6.21 Å². The van der Waals surface area contributed by atoms with E-state index in [-0.39, 0.29) is 6.10 Å². The summed E-state index contributed by atoms with van der Waals surface area (Å²) in [6.07, 6.45) is 4.19. The Balaban J connectivity index is 1.85. The van der Waals surface area contributed by atoms with Gasteiger partial charge in [-0.3, -0.25) is 9.59 Å². The first kappa shape index (κ1) is 20.7. The first-order chi connectivity index (χ1) is 13.1. The number of ether oxygens (including phenoxy) is 3. The van der Waals surface area contributed by atoms with Gasteiger partial charge in [0.05, 0.1) is 25.5 Å².